The number of rotatable bonds is 7. The van der Waals surface area contributed by atoms with Crippen molar-refractivity contribution >= 4 is 17.5 Å². The lowest BCUT2D eigenvalue weighted by atomic mass is 10.1. The van der Waals surface area contributed by atoms with Crippen LogP contribution in [0.5, 0.6) is 5.75 Å². The summed E-state index contributed by atoms with van der Waals surface area (Å²) in [6, 6.07) is 15.5. The van der Waals surface area contributed by atoms with Gasteiger partial charge in [0.05, 0.1) is 12.4 Å². The number of ether oxygens (including phenoxy) is 1. The van der Waals surface area contributed by atoms with Crippen LogP contribution < -0.4 is 4.74 Å². The van der Waals surface area contributed by atoms with E-state index in [0.717, 1.165) is 29.1 Å². The first-order chi connectivity index (χ1) is 13.0. The van der Waals surface area contributed by atoms with Gasteiger partial charge in [0.25, 0.3) is 0 Å². The van der Waals surface area contributed by atoms with E-state index in [1.807, 2.05) is 67.1 Å². The summed E-state index contributed by atoms with van der Waals surface area (Å²) in [4.78, 5) is 12.7. The second kappa shape index (κ2) is 8.39. The number of aromatic nitrogens is 3. The van der Waals surface area contributed by atoms with Crippen molar-refractivity contribution < 1.29 is 9.53 Å². The molecule has 0 spiro atoms. The number of hydrogen-bond acceptors (Lipinski definition) is 5. The maximum Gasteiger partial charge on any atom is 0.191 e. The van der Waals surface area contributed by atoms with E-state index in [9.17, 15) is 4.79 Å². The molecule has 0 bridgehead atoms. The maximum absolute atomic E-state index is 12.7. The van der Waals surface area contributed by atoms with Crippen LogP contribution in [0.15, 0.2) is 53.7 Å². The fourth-order valence-electron chi connectivity index (χ4n) is 2.76. The third-order valence-electron chi connectivity index (χ3n) is 4.48. The topological polar surface area (TPSA) is 57.0 Å². The number of thioether (sulfide) groups is 1. The summed E-state index contributed by atoms with van der Waals surface area (Å²) >= 11 is 1.42. The number of benzene rings is 2. The highest BCUT2D eigenvalue weighted by Gasteiger charge is 2.20. The number of methoxy groups -OCH3 is 1. The summed E-state index contributed by atoms with van der Waals surface area (Å²) in [5.74, 6) is 1.65. The Morgan fingerprint density at radius 2 is 1.78 bits per heavy atom. The van der Waals surface area contributed by atoms with Gasteiger partial charge in [-0.1, -0.05) is 43.0 Å². The molecule has 140 valence electrons. The molecule has 0 unspecified atom stereocenters. The molecule has 1 atom stereocenters. The largest absolute Gasteiger partial charge is 0.497 e. The highest BCUT2D eigenvalue weighted by molar-refractivity contribution is 8.00. The lowest BCUT2D eigenvalue weighted by Crippen LogP contribution is -2.14. The Morgan fingerprint density at radius 1 is 1.11 bits per heavy atom. The molecular weight excluding hydrogens is 358 g/mol. The predicted octanol–water partition coefficient (Wildman–Crippen LogP) is 4.42. The molecule has 3 aromatic rings. The lowest BCUT2D eigenvalue weighted by molar-refractivity contribution is 0.0994. The van der Waals surface area contributed by atoms with E-state index in [0.29, 0.717) is 5.16 Å². The normalized spacial score (nSPS) is 12.0. The summed E-state index contributed by atoms with van der Waals surface area (Å²) in [7, 11) is 3.55. The Labute approximate surface area is 163 Å². The first-order valence-electron chi connectivity index (χ1n) is 8.87. The van der Waals surface area contributed by atoms with Gasteiger partial charge in [-0.25, -0.2) is 0 Å². The van der Waals surface area contributed by atoms with Crippen molar-refractivity contribution in [2.75, 3.05) is 7.11 Å². The number of hydrogen-bond donors (Lipinski definition) is 0. The summed E-state index contributed by atoms with van der Waals surface area (Å²) in [6.07, 6.45) is 0.964. The van der Waals surface area contributed by atoms with Crippen molar-refractivity contribution in [3.05, 3.63) is 59.7 Å². The molecule has 1 aromatic heterocycles. The van der Waals surface area contributed by atoms with Gasteiger partial charge in [-0.3, -0.25) is 4.79 Å². The Balaban J connectivity index is 1.74. The van der Waals surface area contributed by atoms with Crippen LogP contribution in [-0.2, 0) is 13.5 Å². The molecule has 5 nitrogen and oxygen atoms in total. The van der Waals surface area contributed by atoms with Crippen LogP contribution in [0, 0.1) is 0 Å². The summed E-state index contributed by atoms with van der Waals surface area (Å²) in [5.41, 5.74) is 2.90. The van der Waals surface area contributed by atoms with E-state index in [2.05, 4.69) is 17.1 Å². The number of nitrogens with zero attached hydrogens (tertiary/aromatic N) is 3. The molecule has 0 aliphatic carbocycles. The Hall–Kier alpha value is -2.60. The van der Waals surface area contributed by atoms with Crippen molar-refractivity contribution in [1.82, 2.24) is 14.8 Å². The van der Waals surface area contributed by atoms with E-state index in [1.54, 1.807) is 7.11 Å². The highest BCUT2D eigenvalue weighted by atomic mass is 32.2. The molecule has 6 heteroatoms. The minimum atomic E-state index is -0.246. The van der Waals surface area contributed by atoms with Crippen LogP contribution in [-0.4, -0.2) is 32.9 Å². The molecule has 0 aliphatic rings. The second-order valence-electron chi connectivity index (χ2n) is 6.27. The number of aryl methyl sites for hydroxylation is 1. The third kappa shape index (κ3) is 4.22. The summed E-state index contributed by atoms with van der Waals surface area (Å²) in [5, 5.41) is 9.03. The van der Waals surface area contributed by atoms with E-state index in [-0.39, 0.29) is 11.0 Å². The molecule has 1 heterocycles. The SMILES string of the molecule is CCc1ccc(C(=O)[C@@H](C)Sc2nnc(-c3ccc(OC)cc3)n2C)cc1. The van der Waals surface area contributed by atoms with Gasteiger partial charge < -0.3 is 9.30 Å². The zero-order chi connectivity index (χ0) is 19.4. The molecule has 27 heavy (non-hydrogen) atoms. The molecule has 0 radical (unpaired) electrons. The van der Waals surface area contributed by atoms with E-state index < -0.39 is 0 Å². The predicted molar refractivity (Wildman–Crippen MR) is 108 cm³/mol. The van der Waals surface area contributed by atoms with Gasteiger partial charge in [0.1, 0.15) is 5.75 Å². The Bertz CT molecular complexity index is 918. The Morgan fingerprint density at radius 3 is 2.37 bits per heavy atom. The molecule has 0 aliphatic heterocycles. The minimum absolute atomic E-state index is 0.0941. The zero-order valence-electron chi connectivity index (χ0n) is 16.0. The molecule has 0 amide bonds. The molecule has 3 rings (SSSR count). The van der Waals surface area contributed by atoms with Gasteiger partial charge in [0.2, 0.25) is 0 Å². The van der Waals surface area contributed by atoms with Crippen LogP contribution in [0.1, 0.15) is 29.8 Å². The fourth-order valence-corrected chi connectivity index (χ4v) is 3.65. The van der Waals surface area contributed by atoms with Gasteiger partial charge in [0.15, 0.2) is 16.8 Å². The fraction of sp³-hybridized carbons (Fsp3) is 0.286. The average molecular weight is 382 g/mol. The number of Topliss-reactive ketones (excluding diaryl/α,β-unsaturated/α-hetero) is 1. The smallest absolute Gasteiger partial charge is 0.191 e. The van der Waals surface area contributed by atoms with Gasteiger partial charge in [-0.05, 0) is 43.2 Å². The Kier molecular flexibility index (Phi) is 5.96. The van der Waals surface area contributed by atoms with E-state index >= 15 is 0 Å². The van der Waals surface area contributed by atoms with Crippen LogP contribution >= 0.6 is 11.8 Å². The molecule has 0 saturated heterocycles. The maximum atomic E-state index is 12.7. The van der Waals surface area contributed by atoms with Crippen molar-refractivity contribution in [3.8, 4) is 17.1 Å². The monoisotopic (exact) mass is 381 g/mol. The van der Waals surface area contributed by atoms with E-state index in [1.165, 1.54) is 17.3 Å². The van der Waals surface area contributed by atoms with Crippen LogP contribution in [0.2, 0.25) is 0 Å². The second-order valence-corrected chi connectivity index (χ2v) is 7.58. The standard InChI is InChI=1S/C21H23N3O2S/c1-5-15-6-8-16(9-7-15)19(25)14(2)27-21-23-22-20(24(21)3)17-10-12-18(26-4)13-11-17/h6-14H,5H2,1-4H3/t14-/m1/s1. The summed E-state index contributed by atoms with van der Waals surface area (Å²) < 4.78 is 7.10. The number of ketones is 1. The van der Waals surface area contributed by atoms with Crippen molar-refractivity contribution in [2.45, 2.75) is 30.7 Å². The molecule has 0 N–H and O–H groups in total. The number of carbonyl (C=O) groups excluding carboxylic acids is 1. The van der Waals surface area contributed by atoms with Crippen LogP contribution in [0.3, 0.4) is 0 Å². The van der Waals surface area contributed by atoms with Gasteiger partial charge in [-0.15, -0.1) is 10.2 Å². The van der Waals surface area contributed by atoms with Crippen molar-refractivity contribution in [1.29, 1.82) is 0 Å². The van der Waals surface area contributed by atoms with Gasteiger partial charge in [0, 0.05) is 18.2 Å². The van der Waals surface area contributed by atoms with Crippen molar-refractivity contribution in [2.24, 2.45) is 7.05 Å². The van der Waals surface area contributed by atoms with Gasteiger partial charge in [-0.2, -0.15) is 0 Å². The first-order valence-corrected chi connectivity index (χ1v) is 9.75. The van der Waals surface area contributed by atoms with E-state index in [4.69, 9.17) is 4.74 Å². The number of carbonyl (C=O) groups is 1. The quantitative estimate of drug-likeness (QED) is 0.448. The molecular formula is C21H23N3O2S. The van der Waals surface area contributed by atoms with Gasteiger partial charge >= 0.3 is 0 Å². The van der Waals surface area contributed by atoms with Crippen LogP contribution in [0.4, 0.5) is 0 Å². The third-order valence-corrected chi connectivity index (χ3v) is 5.62. The minimum Gasteiger partial charge on any atom is -0.497 e. The lowest BCUT2D eigenvalue weighted by Gasteiger charge is -2.10. The highest BCUT2D eigenvalue weighted by Crippen LogP contribution is 2.28. The van der Waals surface area contributed by atoms with Crippen LogP contribution in [0.25, 0.3) is 11.4 Å². The van der Waals surface area contributed by atoms with Crippen molar-refractivity contribution in [3.63, 3.8) is 0 Å². The molecule has 0 fully saturated rings. The average Bonchev–Trinajstić information content (AvgIpc) is 3.07. The molecule has 0 saturated carbocycles. The summed E-state index contributed by atoms with van der Waals surface area (Å²) in [6.45, 7) is 4.01. The molecule has 2 aromatic carbocycles. The first kappa shape index (κ1) is 19.2. The zero-order valence-corrected chi connectivity index (χ0v) is 16.8.